The molecule has 0 atom stereocenters. The van der Waals surface area contributed by atoms with Gasteiger partial charge in [-0.3, -0.25) is 14.0 Å². The molecule has 2 heterocycles. The summed E-state index contributed by atoms with van der Waals surface area (Å²) in [6.07, 6.45) is 2.23. The Kier molecular flexibility index (Phi) is 5.19. The van der Waals surface area contributed by atoms with Crippen molar-refractivity contribution in [2.45, 2.75) is 12.8 Å². The average molecular weight is 348 g/mol. The van der Waals surface area contributed by atoms with Crippen molar-refractivity contribution in [3.8, 4) is 6.07 Å². The van der Waals surface area contributed by atoms with E-state index < -0.39 is 0 Å². The first-order chi connectivity index (χ1) is 12.7. The van der Waals surface area contributed by atoms with E-state index in [2.05, 4.69) is 20.8 Å². The van der Waals surface area contributed by atoms with Crippen molar-refractivity contribution in [2.75, 3.05) is 11.9 Å². The molecular weight excluding hydrogens is 332 g/mol. The van der Waals surface area contributed by atoms with Gasteiger partial charge in [-0.15, -0.1) is 10.2 Å². The number of pyridine rings is 1. The molecule has 26 heavy (non-hydrogen) atoms. The van der Waals surface area contributed by atoms with Crippen LogP contribution in [0.15, 0.2) is 48.7 Å². The molecule has 0 bridgehead atoms. The molecule has 3 aromatic rings. The van der Waals surface area contributed by atoms with Crippen molar-refractivity contribution in [2.24, 2.45) is 0 Å². The maximum Gasteiger partial charge on any atom is 0.251 e. The van der Waals surface area contributed by atoms with E-state index in [1.807, 2.05) is 28.8 Å². The summed E-state index contributed by atoms with van der Waals surface area (Å²) in [5.74, 6) is 0.176. The number of carbonyl (C=O) groups excluding carboxylic acids is 2. The Morgan fingerprint density at radius 1 is 1.12 bits per heavy atom. The number of amides is 2. The van der Waals surface area contributed by atoms with Gasteiger partial charge < -0.3 is 10.6 Å². The van der Waals surface area contributed by atoms with Crippen LogP contribution in [0.3, 0.4) is 0 Å². The number of hydrogen-bond donors (Lipinski definition) is 2. The number of nitriles is 1. The van der Waals surface area contributed by atoms with Crippen molar-refractivity contribution >= 4 is 23.1 Å². The average Bonchev–Trinajstić information content (AvgIpc) is 3.06. The highest BCUT2D eigenvalue weighted by molar-refractivity contribution is 5.96. The Morgan fingerprint density at radius 3 is 2.69 bits per heavy atom. The molecule has 0 saturated carbocycles. The van der Waals surface area contributed by atoms with Crippen LogP contribution in [0.5, 0.6) is 0 Å². The van der Waals surface area contributed by atoms with Crippen LogP contribution in [-0.2, 0) is 11.2 Å². The minimum atomic E-state index is -0.384. The molecule has 0 aliphatic heterocycles. The predicted octanol–water partition coefficient (Wildman–Crippen LogP) is 1.55. The lowest BCUT2D eigenvalue weighted by molar-refractivity contribution is -0.115. The first-order valence-corrected chi connectivity index (χ1v) is 8.01. The van der Waals surface area contributed by atoms with E-state index in [1.54, 1.807) is 30.3 Å². The second-order valence-corrected chi connectivity index (χ2v) is 5.51. The number of rotatable bonds is 6. The highest BCUT2D eigenvalue weighted by Crippen LogP contribution is 2.10. The molecule has 0 unspecified atom stereocenters. The third kappa shape index (κ3) is 4.02. The highest BCUT2D eigenvalue weighted by atomic mass is 16.2. The van der Waals surface area contributed by atoms with Gasteiger partial charge in [0.15, 0.2) is 5.65 Å². The van der Waals surface area contributed by atoms with Crippen LogP contribution in [0, 0.1) is 11.3 Å². The summed E-state index contributed by atoms with van der Waals surface area (Å²) in [5.41, 5.74) is 1.79. The third-order valence-corrected chi connectivity index (χ3v) is 3.69. The molecule has 0 spiro atoms. The normalized spacial score (nSPS) is 10.3. The van der Waals surface area contributed by atoms with Gasteiger partial charge in [-0.1, -0.05) is 6.07 Å². The maximum absolute atomic E-state index is 12.2. The van der Waals surface area contributed by atoms with Crippen LogP contribution in [0.1, 0.15) is 22.6 Å². The fourth-order valence-corrected chi connectivity index (χ4v) is 2.43. The molecule has 2 amide bonds. The van der Waals surface area contributed by atoms with Gasteiger partial charge in [0.2, 0.25) is 5.91 Å². The van der Waals surface area contributed by atoms with Gasteiger partial charge in [0.1, 0.15) is 12.2 Å². The molecule has 0 saturated heterocycles. The summed E-state index contributed by atoms with van der Waals surface area (Å²) in [7, 11) is 0. The van der Waals surface area contributed by atoms with Gasteiger partial charge in [0, 0.05) is 30.4 Å². The zero-order valence-electron chi connectivity index (χ0n) is 13.8. The number of fused-ring (bicyclic) bond motifs is 1. The number of anilines is 1. The summed E-state index contributed by atoms with van der Waals surface area (Å²) < 4.78 is 1.88. The summed E-state index contributed by atoms with van der Waals surface area (Å²) >= 11 is 0. The number of hydrogen-bond acceptors (Lipinski definition) is 5. The van der Waals surface area contributed by atoms with Gasteiger partial charge >= 0.3 is 0 Å². The predicted molar refractivity (Wildman–Crippen MR) is 94.3 cm³/mol. The number of benzene rings is 1. The van der Waals surface area contributed by atoms with E-state index in [1.165, 1.54) is 0 Å². The second-order valence-electron chi connectivity index (χ2n) is 5.51. The van der Waals surface area contributed by atoms with E-state index in [4.69, 9.17) is 5.26 Å². The molecule has 130 valence electrons. The lowest BCUT2D eigenvalue weighted by atomic mass is 10.2. The summed E-state index contributed by atoms with van der Waals surface area (Å²) in [6, 6.07) is 13.9. The van der Waals surface area contributed by atoms with Crippen molar-refractivity contribution in [1.29, 1.82) is 5.26 Å². The van der Waals surface area contributed by atoms with Crippen molar-refractivity contribution in [1.82, 2.24) is 19.9 Å². The summed E-state index contributed by atoms with van der Waals surface area (Å²) in [4.78, 5) is 23.5. The first-order valence-electron chi connectivity index (χ1n) is 8.01. The largest absolute Gasteiger partial charge is 0.352 e. The van der Waals surface area contributed by atoms with Crippen LogP contribution in [0.2, 0.25) is 0 Å². The van der Waals surface area contributed by atoms with E-state index >= 15 is 0 Å². The highest BCUT2D eigenvalue weighted by Gasteiger charge is 2.08. The van der Waals surface area contributed by atoms with Crippen LogP contribution in [-0.4, -0.2) is 33.0 Å². The number of nitrogens with zero attached hydrogens (tertiary/aromatic N) is 4. The van der Waals surface area contributed by atoms with Crippen molar-refractivity contribution < 1.29 is 9.59 Å². The minimum absolute atomic E-state index is 0.209. The van der Waals surface area contributed by atoms with Gasteiger partial charge in [0.25, 0.3) is 5.91 Å². The molecule has 0 radical (unpaired) electrons. The van der Waals surface area contributed by atoms with Crippen LogP contribution in [0.25, 0.3) is 5.65 Å². The van der Waals surface area contributed by atoms with Crippen molar-refractivity contribution in [3.05, 3.63) is 60.0 Å². The maximum atomic E-state index is 12.2. The van der Waals surface area contributed by atoms with Gasteiger partial charge in [-0.2, -0.15) is 5.26 Å². The standard InChI is InChI=1S/C18H16N6O2/c19-10-8-17(25)21-14-6-4-13(5-7-14)18(26)20-11-9-16-23-22-15-3-1-2-12-24(15)16/h1-7,12H,8-9,11H2,(H,20,26)(H,21,25). The summed E-state index contributed by atoms with van der Waals surface area (Å²) in [5, 5.41) is 22.1. The van der Waals surface area contributed by atoms with E-state index in [-0.39, 0.29) is 18.2 Å². The lowest BCUT2D eigenvalue weighted by Gasteiger charge is -2.06. The Morgan fingerprint density at radius 2 is 1.92 bits per heavy atom. The Balaban J connectivity index is 1.53. The van der Waals surface area contributed by atoms with Crippen LogP contribution in [0.4, 0.5) is 5.69 Å². The Hall–Kier alpha value is -3.73. The monoisotopic (exact) mass is 348 g/mol. The topological polar surface area (TPSA) is 112 Å². The minimum Gasteiger partial charge on any atom is -0.352 e. The molecule has 3 rings (SSSR count). The van der Waals surface area contributed by atoms with Crippen molar-refractivity contribution in [3.63, 3.8) is 0 Å². The quantitative estimate of drug-likeness (QED) is 0.702. The molecule has 0 aliphatic rings. The number of aromatic nitrogens is 3. The van der Waals surface area contributed by atoms with Gasteiger partial charge in [0.05, 0.1) is 6.07 Å². The van der Waals surface area contributed by atoms with E-state index in [9.17, 15) is 9.59 Å². The Bertz CT molecular complexity index is 971. The molecule has 8 heteroatoms. The molecule has 0 fully saturated rings. The Labute approximate surface area is 149 Å². The molecule has 1 aromatic carbocycles. The number of nitrogens with one attached hydrogen (secondary N) is 2. The molecule has 2 N–H and O–H groups in total. The molecular formula is C18H16N6O2. The first kappa shape index (κ1) is 17.1. The van der Waals surface area contributed by atoms with Gasteiger partial charge in [-0.25, -0.2) is 0 Å². The third-order valence-electron chi connectivity index (χ3n) is 3.69. The fraction of sp³-hybridized carbons (Fsp3) is 0.167. The van der Waals surface area contributed by atoms with E-state index in [0.29, 0.717) is 24.2 Å². The van der Waals surface area contributed by atoms with Crippen LogP contribution >= 0.6 is 0 Å². The SMILES string of the molecule is N#CCC(=O)Nc1ccc(C(=O)NCCc2nnc3ccccn23)cc1. The smallest absolute Gasteiger partial charge is 0.251 e. The molecule has 0 aliphatic carbocycles. The zero-order valence-corrected chi connectivity index (χ0v) is 13.8. The molecule has 2 aromatic heterocycles. The fourth-order valence-electron chi connectivity index (χ4n) is 2.43. The lowest BCUT2D eigenvalue weighted by Crippen LogP contribution is -2.26. The number of carbonyl (C=O) groups is 2. The zero-order chi connectivity index (χ0) is 18.4. The van der Waals surface area contributed by atoms with E-state index in [0.717, 1.165) is 11.5 Å². The van der Waals surface area contributed by atoms with Gasteiger partial charge in [-0.05, 0) is 36.4 Å². The summed E-state index contributed by atoms with van der Waals surface area (Å²) in [6.45, 7) is 0.426. The second kappa shape index (κ2) is 7.90. The van der Waals surface area contributed by atoms with Crippen LogP contribution < -0.4 is 10.6 Å². The molecule has 8 nitrogen and oxygen atoms in total.